The minimum Gasteiger partial charge on any atom is -0.347 e. The van der Waals surface area contributed by atoms with Crippen LogP contribution in [0.3, 0.4) is 0 Å². The van der Waals surface area contributed by atoms with Crippen LogP contribution in [0.4, 0.5) is 5.82 Å². The Kier molecular flexibility index (Phi) is 5.76. The fourth-order valence-corrected chi connectivity index (χ4v) is 2.15. The predicted octanol–water partition coefficient (Wildman–Crippen LogP) is 1.14. The van der Waals surface area contributed by atoms with E-state index >= 15 is 0 Å². The summed E-state index contributed by atoms with van der Waals surface area (Å²) in [5, 5.41) is 9.48. The number of hydrogen-bond donors (Lipinski definition) is 2. The SMILES string of the molecule is CN(C)C(=O)CNC(=O)c1cc(NC(=O)c2ccccc2Cl)n(C)n1. The number of carbonyl (C=O) groups is 3. The predicted molar refractivity (Wildman–Crippen MR) is 93.6 cm³/mol. The summed E-state index contributed by atoms with van der Waals surface area (Å²) >= 11 is 5.99. The fourth-order valence-electron chi connectivity index (χ4n) is 1.93. The van der Waals surface area contributed by atoms with Gasteiger partial charge in [-0.2, -0.15) is 5.10 Å². The Balaban J connectivity index is 2.07. The monoisotopic (exact) mass is 363 g/mol. The van der Waals surface area contributed by atoms with Crippen LogP contribution >= 0.6 is 11.6 Å². The van der Waals surface area contributed by atoms with Gasteiger partial charge in [0.15, 0.2) is 5.69 Å². The number of aromatic nitrogens is 2. The van der Waals surface area contributed by atoms with E-state index in [9.17, 15) is 14.4 Å². The van der Waals surface area contributed by atoms with E-state index in [1.165, 1.54) is 15.6 Å². The van der Waals surface area contributed by atoms with Gasteiger partial charge in [-0.15, -0.1) is 0 Å². The highest BCUT2D eigenvalue weighted by atomic mass is 35.5. The number of halogens is 1. The first kappa shape index (κ1) is 18.5. The number of aryl methyl sites for hydroxylation is 1. The van der Waals surface area contributed by atoms with Gasteiger partial charge in [0.1, 0.15) is 5.82 Å². The summed E-state index contributed by atoms with van der Waals surface area (Å²) in [7, 11) is 4.78. The third-order valence-corrected chi connectivity index (χ3v) is 3.70. The van der Waals surface area contributed by atoms with Gasteiger partial charge in [-0.05, 0) is 12.1 Å². The molecule has 0 aliphatic heterocycles. The molecular formula is C16H18ClN5O3. The van der Waals surface area contributed by atoms with Gasteiger partial charge in [-0.3, -0.25) is 19.1 Å². The number of rotatable bonds is 5. The molecule has 1 aromatic carbocycles. The van der Waals surface area contributed by atoms with Gasteiger partial charge >= 0.3 is 0 Å². The summed E-state index contributed by atoms with van der Waals surface area (Å²) in [6, 6.07) is 8.05. The van der Waals surface area contributed by atoms with Crippen LogP contribution in [0.1, 0.15) is 20.8 Å². The first-order valence-electron chi connectivity index (χ1n) is 7.38. The Bertz CT molecular complexity index is 816. The van der Waals surface area contributed by atoms with Crippen molar-refractivity contribution in [2.24, 2.45) is 7.05 Å². The topological polar surface area (TPSA) is 96.3 Å². The zero-order valence-corrected chi connectivity index (χ0v) is 14.8. The van der Waals surface area contributed by atoms with E-state index in [-0.39, 0.29) is 18.1 Å². The second kappa shape index (κ2) is 7.80. The van der Waals surface area contributed by atoms with Crippen LogP contribution in [0.2, 0.25) is 5.02 Å². The molecule has 0 bridgehead atoms. The van der Waals surface area contributed by atoms with E-state index in [1.54, 1.807) is 45.4 Å². The number of likely N-dealkylation sites (N-methyl/N-ethyl adjacent to an activating group) is 1. The zero-order chi connectivity index (χ0) is 18.6. The van der Waals surface area contributed by atoms with Crippen LogP contribution in [0.15, 0.2) is 30.3 Å². The van der Waals surface area contributed by atoms with Crippen molar-refractivity contribution in [2.45, 2.75) is 0 Å². The molecular weight excluding hydrogens is 346 g/mol. The molecule has 0 fully saturated rings. The van der Waals surface area contributed by atoms with Gasteiger partial charge in [0.05, 0.1) is 17.1 Å². The van der Waals surface area contributed by atoms with Crippen molar-refractivity contribution >= 4 is 35.1 Å². The van der Waals surface area contributed by atoms with Crippen LogP contribution < -0.4 is 10.6 Å². The summed E-state index contributed by atoms with van der Waals surface area (Å²) in [4.78, 5) is 37.2. The molecule has 25 heavy (non-hydrogen) atoms. The molecule has 0 aliphatic carbocycles. The molecule has 0 unspecified atom stereocenters. The fraction of sp³-hybridized carbons (Fsp3) is 0.250. The molecule has 9 heteroatoms. The molecule has 2 N–H and O–H groups in total. The maximum atomic E-state index is 12.3. The van der Waals surface area contributed by atoms with Gasteiger partial charge in [0.25, 0.3) is 11.8 Å². The molecule has 2 aromatic rings. The summed E-state index contributed by atoms with van der Waals surface area (Å²) in [5.41, 5.74) is 0.400. The van der Waals surface area contributed by atoms with Crippen molar-refractivity contribution in [3.63, 3.8) is 0 Å². The third kappa shape index (κ3) is 4.57. The van der Waals surface area contributed by atoms with E-state index in [2.05, 4.69) is 15.7 Å². The minimum atomic E-state index is -0.510. The standard InChI is InChI=1S/C16H18ClN5O3/c1-21(2)14(23)9-18-16(25)12-8-13(22(3)20-12)19-15(24)10-6-4-5-7-11(10)17/h4-8H,9H2,1-3H3,(H,18,25)(H,19,24). The molecule has 1 heterocycles. The lowest BCUT2D eigenvalue weighted by Crippen LogP contribution is -2.36. The number of hydrogen-bond acceptors (Lipinski definition) is 4. The van der Waals surface area contributed by atoms with Crippen molar-refractivity contribution in [3.05, 3.63) is 46.6 Å². The van der Waals surface area contributed by atoms with Gasteiger partial charge in [-0.25, -0.2) is 0 Å². The van der Waals surface area contributed by atoms with Gasteiger partial charge in [-0.1, -0.05) is 23.7 Å². The molecule has 0 saturated carbocycles. The summed E-state index contributed by atoms with van der Waals surface area (Å²) in [6.45, 7) is -0.135. The summed E-state index contributed by atoms with van der Waals surface area (Å²) in [5.74, 6) is -0.835. The highest BCUT2D eigenvalue weighted by molar-refractivity contribution is 6.34. The average molecular weight is 364 g/mol. The maximum absolute atomic E-state index is 12.3. The Labute approximate surface area is 149 Å². The quantitative estimate of drug-likeness (QED) is 0.832. The van der Waals surface area contributed by atoms with Crippen molar-refractivity contribution < 1.29 is 14.4 Å². The number of benzene rings is 1. The smallest absolute Gasteiger partial charge is 0.272 e. The van der Waals surface area contributed by atoms with Crippen molar-refractivity contribution in [3.8, 4) is 0 Å². The van der Waals surface area contributed by atoms with E-state index in [4.69, 9.17) is 11.6 Å². The molecule has 0 aliphatic rings. The van der Waals surface area contributed by atoms with E-state index in [0.29, 0.717) is 16.4 Å². The Hall–Kier alpha value is -2.87. The number of nitrogens with one attached hydrogen (secondary N) is 2. The Morgan fingerprint density at radius 1 is 1.20 bits per heavy atom. The Morgan fingerprint density at radius 2 is 1.88 bits per heavy atom. The average Bonchev–Trinajstić information content (AvgIpc) is 2.93. The molecule has 132 valence electrons. The molecule has 0 saturated heterocycles. The largest absolute Gasteiger partial charge is 0.347 e. The first-order valence-corrected chi connectivity index (χ1v) is 7.75. The maximum Gasteiger partial charge on any atom is 0.272 e. The first-order chi connectivity index (χ1) is 11.8. The molecule has 0 atom stereocenters. The Morgan fingerprint density at radius 3 is 2.52 bits per heavy atom. The van der Waals surface area contributed by atoms with E-state index in [0.717, 1.165) is 0 Å². The van der Waals surface area contributed by atoms with E-state index in [1.807, 2.05) is 0 Å². The number of nitrogens with zero attached hydrogens (tertiary/aromatic N) is 3. The second-order valence-electron chi connectivity index (χ2n) is 5.44. The highest BCUT2D eigenvalue weighted by Gasteiger charge is 2.17. The molecule has 2 rings (SSSR count). The van der Waals surface area contributed by atoms with Crippen LogP contribution in [-0.4, -0.2) is 53.0 Å². The lowest BCUT2D eigenvalue weighted by Gasteiger charge is -2.09. The van der Waals surface area contributed by atoms with Gasteiger partial charge < -0.3 is 15.5 Å². The third-order valence-electron chi connectivity index (χ3n) is 3.37. The molecule has 1 aromatic heterocycles. The lowest BCUT2D eigenvalue weighted by atomic mass is 10.2. The van der Waals surface area contributed by atoms with E-state index < -0.39 is 11.8 Å². The van der Waals surface area contributed by atoms with Crippen molar-refractivity contribution in [1.82, 2.24) is 20.0 Å². The number of anilines is 1. The summed E-state index contributed by atoms with van der Waals surface area (Å²) < 4.78 is 1.36. The van der Waals surface area contributed by atoms with Gasteiger partial charge in [0.2, 0.25) is 5.91 Å². The minimum absolute atomic E-state index is 0.0866. The molecule has 0 radical (unpaired) electrons. The zero-order valence-electron chi connectivity index (χ0n) is 14.0. The lowest BCUT2D eigenvalue weighted by molar-refractivity contribution is -0.127. The van der Waals surface area contributed by atoms with Crippen LogP contribution in [-0.2, 0) is 11.8 Å². The van der Waals surface area contributed by atoms with Crippen LogP contribution in [0.5, 0.6) is 0 Å². The molecule has 8 nitrogen and oxygen atoms in total. The van der Waals surface area contributed by atoms with Crippen LogP contribution in [0.25, 0.3) is 0 Å². The van der Waals surface area contributed by atoms with Crippen LogP contribution in [0, 0.1) is 0 Å². The summed E-state index contributed by atoms with van der Waals surface area (Å²) in [6.07, 6.45) is 0. The highest BCUT2D eigenvalue weighted by Crippen LogP contribution is 2.17. The molecule has 0 spiro atoms. The second-order valence-corrected chi connectivity index (χ2v) is 5.85. The van der Waals surface area contributed by atoms with Crippen molar-refractivity contribution in [1.29, 1.82) is 0 Å². The normalized spacial score (nSPS) is 10.2. The molecule has 3 amide bonds. The number of carbonyl (C=O) groups excluding carboxylic acids is 3. The van der Waals surface area contributed by atoms with Gasteiger partial charge in [0, 0.05) is 27.2 Å². The van der Waals surface area contributed by atoms with Crippen molar-refractivity contribution in [2.75, 3.05) is 26.0 Å². The number of amides is 3.